The second kappa shape index (κ2) is 11.3. The van der Waals surface area contributed by atoms with Crippen molar-refractivity contribution in [1.82, 2.24) is 16.0 Å². The van der Waals surface area contributed by atoms with Gasteiger partial charge in [0.05, 0.1) is 7.11 Å². The molecule has 0 rings (SSSR count). The molecular weight excluding hydrogens is 192 g/mol. The van der Waals surface area contributed by atoms with Gasteiger partial charge in [0.25, 0.3) is 6.02 Å². The van der Waals surface area contributed by atoms with Crippen LogP contribution < -0.4 is 16.0 Å². The van der Waals surface area contributed by atoms with E-state index in [0.29, 0.717) is 0 Å². The maximum absolute atomic E-state index is 7.17. The normalized spacial score (nSPS) is 10.0. The Labute approximate surface area is 92.5 Å². The molecule has 5 nitrogen and oxygen atoms in total. The lowest BCUT2D eigenvalue weighted by Crippen LogP contribution is -2.26. The maximum Gasteiger partial charge on any atom is 0.281 e. The largest absolute Gasteiger partial charge is 0.469 e. The van der Waals surface area contributed by atoms with E-state index in [4.69, 9.17) is 5.41 Å². The Morgan fingerprint density at radius 1 is 1.07 bits per heavy atom. The molecule has 15 heavy (non-hydrogen) atoms. The van der Waals surface area contributed by atoms with Crippen LogP contribution in [0.1, 0.15) is 19.3 Å². The highest BCUT2D eigenvalue weighted by molar-refractivity contribution is 5.69. The highest BCUT2D eigenvalue weighted by Gasteiger charge is 1.92. The minimum absolute atomic E-state index is 0.150. The van der Waals surface area contributed by atoms with Crippen LogP contribution in [0, 0.1) is 5.41 Å². The summed E-state index contributed by atoms with van der Waals surface area (Å²) in [5.41, 5.74) is 0. The fraction of sp³-hybridized carbons (Fsp3) is 0.900. The van der Waals surface area contributed by atoms with Crippen LogP contribution in [-0.4, -0.2) is 46.4 Å². The van der Waals surface area contributed by atoms with Gasteiger partial charge in [-0.25, -0.2) is 0 Å². The van der Waals surface area contributed by atoms with Gasteiger partial charge in [0.2, 0.25) is 0 Å². The number of rotatable bonds is 9. The first-order valence-electron chi connectivity index (χ1n) is 5.53. The monoisotopic (exact) mass is 216 g/mol. The minimum atomic E-state index is 0.150. The summed E-state index contributed by atoms with van der Waals surface area (Å²) >= 11 is 0. The molecule has 0 radical (unpaired) electrons. The number of nitrogens with one attached hydrogen (secondary N) is 4. The molecule has 0 saturated carbocycles. The van der Waals surface area contributed by atoms with Gasteiger partial charge < -0.3 is 20.7 Å². The summed E-state index contributed by atoms with van der Waals surface area (Å²) in [7, 11) is 3.47. The first-order chi connectivity index (χ1) is 7.31. The summed E-state index contributed by atoms with van der Waals surface area (Å²) in [4.78, 5) is 0. The highest BCUT2D eigenvalue weighted by atomic mass is 16.5. The molecule has 90 valence electrons. The highest BCUT2D eigenvalue weighted by Crippen LogP contribution is 1.85. The van der Waals surface area contributed by atoms with E-state index in [0.717, 1.165) is 39.0 Å². The number of hydrogen-bond donors (Lipinski definition) is 4. The SMILES string of the molecule is CNCCCNCCCCNC(=N)OC. The third kappa shape index (κ3) is 11.1. The summed E-state index contributed by atoms with van der Waals surface area (Å²) < 4.78 is 4.67. The molecule has 0 bridgehead atoms. The van der Waals surface area contributed by atoms with Crippen molar-refractivity contribution in [1.29, 1.82) is 5.41 Å². The first kappa shape index (κ1) is 14.2. The molecule has 0 aliphatic rings. The van der Waals surface area contributed by atoms with Crippen molar-refractivity contribution in [2.75, 3.05) is 40.3 Å². The van der Waals surface area contributed by atoms with Crippen LogP contribution >= 0.6 is 0 Å². The Bertz CT molecular complexity index is 152. The van der Waals surface area contributed by atoms with Gasteiger partial charge in [0.15, 0.2) is 0 Å². The number of unbranched alkanes of at least 4 members (excludes halogenated alkanes) is 1. The summed E-state index contributed by atoms with van der Waals surface area (Å²) in [6.07, 6.45) is 3.36. The molecule has 0 spiro atoms. The van der Waals surface area contributed by atoms with E-state index in [-0.39, 0.29) is 6.02 Å². The fourth-order valence-corrected chi connectivity index (χ4v) is 1.16. The average Bonchev–Trinajstić information content (AvgIpc) is 2.26. The van der Waals surface area contributed by atoms with Crippen LogP contribution in [0.15, 0.2) is 0 Å². The van der Waals surface area contributed by atoms with Gasteiger partial charge in [-0.05, 0) is 45.9 Å². The Kier molecular flexibility index (Phi) is 10.7. The van der Waals surface area contributed by atoms with Crippen molar-refractivity contribution in [3.63, 3.8) is 0 Å². The van der Waals surface area contributed by atoms with Crippen molar-refractivity contribution in [2.24, 2.45) is 0 Å². The lowest BCUT2D eigenvalue weighted by atomic mass is 10.3. The zero-order valence-corrected chi connectivity index (χ0v) is 9.86. The van der Waals surface area contributed by atoms with Crippen molar-refractivity contribution in [3.05, 3.63) is 0 Å². The summed E-state index contributed by atoms with van der Waals surface area (Å²) in [6, 6.07) is 0.150. The zero-order valence-electron chi connectivity index (χ0n) is 9.86. The van der Waals surface area contributed by atoms with Gasteiger partial charge in [-0.15, -0.1) is 0 Å². The molecular formula is C10H24N4O. The molecule has 0 aromatic rings. The van der Waals surface area contributed by atoms with Crippen molar-refractivity contribution < 1.29 is 4.74 Å². The first-order valence-corrected chi connectivity index (χ1v) is 5.53. The lowest BCUT2D eigenvalue weighted by Gasteiger charge is -2.06. The third-order valence-electron chi connectivity index (χ3n) is 2.05. The second-order valence-electron chi connectivity index (χ2n) is 3.37. The zero-order chi connectivity index (χ0) is 11.4. The fourth-order valence-electron chi connectivity index (χ4n) is 1.16. The minimum Gasteiger partial charge on any atom is -0.469 e. The third-order valence-corrected chi connectivity index (χ3v) is 2.05. The quantitative estimate of drug-likeness (QED) is 0.251. The van der Waals surface area contributed by atoms with E-state index in [2.05, 4.69) is 20.7 Å². The molecule has 0 saturated heterocycles. The molecule has 0 unspecified atom stereocenters. The van der Waals surface area contributed by atoms with Crippen molar-refractivity contribution >= 4 is 6.02 Å². The van der Waals surface area contributed by atoms with E-state index in [1.54, 1.807) is 0 Å². The van der Waals surface area contributed by atoms with E-state index < -0.39 is 0 Å². The lowest BCUT2D eigenvalue weighted by molar-refractivity contribution is 0.375. The molecule has 0 aliphatic carbocycles. The molecule has 0 aromatic heterocycles. The predicted octanol–water partition coefficient (Wildman–Crippen LogP) is 0.136. The van der Waals surface area contributed by atoms with Crippen molar-refractivity contribution in [3.8, 4) is 0 Å². The summed E-state index contributed by atoms with van der Waals surface area (Å²) in [5, 5.41) is 16.5. The van der Waals surface area contributed by atoms with E-state index in [9.17, 15) is 0 Å². The Morgan fingerprint density at radius 2 is 1.73 bits per heavy atom. The number of methoxy groups -OCH3 is 1. The Hall–Kier alpha value is -0.810. The van der Waals surface area contributed by atoms with Crippen LogP contribution in [0.5, 0.6) is 0 Å². The van der Waals surface area contributed by atoms with Crippen LogP contribution in [0.25, 0.3) is 0 Å². The molecule has 0 fully saturated rings. The van der Waals surface area contributed by atoms with Crippen LogP contribution in [0.4, 0.5) is 0 Å². The number of amidine groups is 1. The van der Waals surface area contributed by atoms with Gasteiger partial charge in [-0.3, -0.25) is 5.41 Å². The van der Waals surface area contributed by atoms with E-state index in [1.165, 1.54) is 13.5 Å². The topological polar surface area (TPSA) is 69.2 Å². The number of hydrogen-bond acceptors (Lipinski definition) is 4. The molecule has 0 atom stereocenters. The average molecular weight is 216 g/mol. The van der Waals surface area contributed by atoms with Crippen LogP contribution in [-0.2, 0) is 4.74 Å². The molecule has 0 aliphatic heterocycles. The van der Waals surface area contributed by atoms with Gasteiger partial charge >= 0.3 is 0 Å². The molecule has 4 N–H and O–H groups in total. The van der Waals surface area contributed by atoms with Gasteiger partial charge in [0.1, 0.15) is 0 Å². The second-order valence-corrected chi connectivity index (χ2v) is 3.37. The van der Waals surface area contributed by atoms with Gasteiger partial charge in [-0.1, -0.05) is 0 Å². The number of ether oxygens (including phenoxy) is 1. The predicted molar refractivity (Wildman–Crippen MR) is 63.4 cm³/mol. The van der Waals surface area contributed by atoms with Crippen LogP contribution in [0.2, 0.25) is 0 Å². The molecule has 0 amide bonds. The van der Waals surface area contributed by atoms with Crippen LogP contribution in [0.3, 0.4) is 0 Å². The molecule has 0 heterocycles. The maximum atomic E-state index is 7.17. The van der Waals surface area contributed by atoms with E-state index >= 15 is 0 Å². The van der Waals surface area contributed by atoms with Gasteiger partial charge in [0, 0.05) is 6.54 Å². The Balaban J connectivity index is 2.95. The van der Waals surface area contributed by atoms with E-state index in [1.807, 2.05) is 7.05 Å². The standard InChI is InChI=1S/C10H24N4O/c1-12-6-5-8-13-7-3-4-9-14-10(11)15-2/h12-13H,3-9H2,1-2H3,(H2,11,14). The molecule has 5 heteroatoms. The summed E-state index contributed by atoms with van der Waals surface area (Å²) in [6.45, 7) is 4.00. The van der Waals surface area contributed by atoms with Gasteiger partial charge in [-0.2, -0.15) is 0 Å². The van der Waals surface area contributed by atoms with Crippen molar-refractivity contribution in [2.45, 2.75) is 19.3 Å². The summed E-state index contributed by atoms with van der Waals surface area (Å²) in [5.74, 6) is 0. The Morgan fingerprint density at radius 3 is 2.40 bits per heavy atom. The smallest absolute Gasteiger partial charge is 0.281 e. The molecule has 0 aromatic carbocycles.